The van der Waals surface area contributed by atoms with E-state index in [0.29, 0.717) is 6.04 Å². The van der Waals surface area contributed by atoms with Crippen molar-refractivity contribution in [2.24, 2.45) is 0 Å². The first-order valence-electron chi connectivity index (χ1n) is 7.76. The maximum atomic E-state index is 4.80. The number of hydrogen-bond acceptors (Lipinski definition) is 4. The maximum absolute atomic E-state index is 4.80. The van der Waals surface area contributed by atoms with Gasteiger partial charge in [-0.2, -0.15) is 0 Å². The van der Waals surface area contributed by atoms with Crippen molar-refractivity contribution in [2.75, 3.05) is 20.1 Å². The highest BCUT2D eigenvalue weighted by atomic mass is 15.2. The predicted molar refractivity (Wildman–Crippen MR) is 86.5 cm³/mol. The standard InChI is InChI=1S/C17H19N5/c1-21-11-7-13(8-12-21)22-16-15(6-4-10-19-16)20-17(22)14-5-2-3-9-18-14/h2-6,9-10,13H,7-8,11-12H2,1H3. The van der Waals surface area contributed by atoms with Gasteiger partial charge in [0.25, 0.3) is 0 Å². The molecule has 1 fully saturated rings. The van der Waals surface area contributed by atoms with Crippen LogP contribution in [-0.4, -0.2) is 44.6 Å². The molecule has 0 unspecified atom stereocenters. The van der Waals surface area contributed by atoms with Gasteiger partial charge in [0.2, 0.25) is 0 Å². The Morgan fingerprint density at radius 3 is 2.59 bits per heavy atom. The normalized spacial score (nSPS) is 17.1. The van der Waals surface area contributed by atoms with Crippen LogP contribution in [0, 0.1) is 0 Å². The minimum Gasteiger partial charge on any atom is -0.306 e. The van der Waals surface area contributed by atoms with Crippen LogP contribution >= 0.6 is 0 Å². The lowest BCUT2D eigenvalue weighted by molar-refractivity contribution is 0.224. The summed E-state index contributed by atoms with van der Waals surface area (Å²) < 4.78 is 2.30. The fourth-order valence-electron chi connectivity index (χ4n) is 3.20. The third-order valence-electron chi connectivity index (χ3n) is 4.40. The van der Waals surface area contributed by atoms with Crippen LogP contribution in [0.15, 0.2) is 42.7 Å². The molecule has 0 aromatic carbocycles. The largest absolute Gasteiger partial charge is 0.306 e. The number of rotatable bonds is 2. The molecular weight excluding hydrogens is 274 g/mol. The first-order valence-corrected chi connectivity index (χ1v) is 7.76. The van der Waals surface area contributed by atoms with E-state index in [9.17, 15) is 0 Å². The zero-order valence-electron chi connectivity index (χ0n) is 12.7. The second-order valence-electron chi connectivity index (χ2n) is 5.90. The Hall–Kier alpha value is -2.27. The Balaban J connectivity index is 1.87. The Morgan fingerprint density at radius 2 is 1.82 bits per heavy atom. The highest BCUT2D eigenvalue weighted by Gasteiger charge is 2.24. The molecule has 4 heterocycles. The van der Waals surface area contributed by atoms with Crippen molar-refractivity contribution in [1.82, 2.24) is 24.4 Å². The molecule has 0 N–H and O–H groups in total. The third-order valence-corrected chi connectivity index (χ3v) is 4.40. The molecule has 22 heavy (non-hydrogen) atoms. The lowest BCUT2D eigenvalue weighted by atomic mass is 10.0. The second-order valence-corrected chi connectivity index (χ2v) is 5.90. The molecule has 4 rings (SSSR count). The summed E-state index contributed by atoms with van der Waals surface area (Å²) >= 11 is 0. The topological polar surface area (TPSA) is 46.8 Å². The highest BCUT2D eigenvalue weighted by molar-refractivity contribution is 5.76. The first-order chi connectivity index (χ1) is 10.8. The number of pyridine rings is 2. The van der Waals surface area contributed by atoms with Crippen LogP contribution in [0.1, 0.15) is 18.9 Å². The van der Waals surface area contributed by atoms with Crippen molar-refractivity contribution in [3.8, 4) is 11.5 Å². The molecule has 0 aliphatic carbocycles. The van der Waals surface area contributed by atoms with Gasteiger partial charge in [-0.1, -0.05) is 6.07 Å². The van der Waals surface area contributed by atoms with Gasteiger partial charge in [-0.05, 0) is 57.2 Å². The summed E-state index contributed by atoms with van der Waals surface area (Å²) in [7, 11) is 2.18. The van der Waals surface area contributed by atoms with Crippen LogP contribution in [0.5, 0.6) is 0 Å². The minimum atomic E-state index is 0.438. The van der Waals surface area contributed by atoms with E-state index in [2.05, 4.69) is 26.5 Å². The molecular formula is C17H19N5. The van der Waals surface area contributed by atoms with E-state index in [1.54, 1.807) is 0 Å². The van der Waals surface area contributed by atoms with Crippen LogP contribution in [0.4, 0.5) is 0 Å². The second kappa shape index (κ2) is 5.50. The van der Waals surface area contributed by atoms with Crippen molar-refractivity contribution >= 4 is 11.2 Å². The predicted octanol–water partition coefficient (Wildman–Crippen LogP) is 2.76. The van der Waals surface area contributed by atoms with Crippen molar-refractivity contribution < 1.29 is 0 Å². The van der Waals surface area contributed by atoms with Gasteiger partial charge >= 0.3 is 0 Å². The average Bonchev–Trinajstić information content (AvgIpc) is 2.96. The van der Waals surface area contributed by atoms with E-state index in [1.807, 2.05) is 42.7 Å². The monoisotopic (exact) mass is 293 g/mol. The Kier molecular flexibility index (Phi) is 3.35. The van der Waals surface area contributed by atoms with Crippen molar-refractivity contribution in [3.05, 3.63) is 42.7 Å². The molecule has 0 bridgehead atoms. The minimum absolute atomic E-state index is 0.438. The lowest BCUT2D eigenvalue weighted by Crippen LogP contribution is -2.31. The van der Waals surface area contributed by atoms with Crippen LogP contribution in [0.25, 0.3) is 22.7 Å². The summed E-state index contributed by atoms with van der Waals surface area (Å²) in [5, 5.41) is 0. The van der Waals surface area contributed by atoms with Crippen LogP contribution < -0.4 is 0 Å². The molecule has 5 nitrogen and oxygen atoms in total. The molecule has 3 aromatic rings. The molecule has 0 atom stereocenters. The van der Waals surface area contributed by atoms with E-state index in [-0.39, 0.29) is 0 Å². The van der Waals surface area contributed by atoms with Crippen molar-refractivity contribution in [3.63, 3.8) is 0 Å². The molecule has 1 aliphatic heterocycles. The number of nitrogens with zero attached hydrogens (tertiary/aromatic N) is 5. The summed E-state index contributed by atoms with van der Waals surface area (Å²) in [4.78, 5) is 16.3. The number of hydrogen-bond donors (Lipinski definition) is 0. The van der Waals surface area contributed by atoms with Gasteiger partial charge in [0.05, 0.1) is 0 Å². The number of likely N-dealkylation sites (tertiary alicyclic amines) is 1. The number of aromatic nitrogens is 4. The first kappa shape index (κ1) is 13.4. The van der Waals surface area contributed by atoms with Crippen LogP contribution in [0.2, 0.25) is 0 Å². The van der Waals surface area contributed by atoms with Gasteiger partial charge in [0, 0.05) is 18.4 Å². The Labute approximate surface area is 129 Å². The Bertz CT molecular complexity index is 772. The number of imidazole rings is 1. The zero-order chi connectivity index (χ0) is 14.9. The van der Waals surface area contributed by atoms with Gasteiger partial charge < -0.3 is 9.47 Å². The maximum Gasteiger partial charge on any atom is 0.161 e. The highest BCUT2D eigenvalue weighted by Crippen LogP contribution is 2.31. The average molecular weight is 293 g/mol. The van der Waals surface area contributed by atoms with E-state index >= 15 is 0 Å². The zero-order valence-corrected chi connectivity index (χ0v) is 12.7. The van der Waals surface area contributed by atoms with Crippen LogP contribution in [-0.2, 0) is 0 Å². The summed E-state index contributed by atoms with van der Waals surface area (Å²) in [6.07, 6.45) is 5.91. The van der Waals surface area contributed by atoms with Gasteiger partial charge in [-0.3, -0.25) is 4.98 Å². The summed E-state index contributed by atoms with van der Waals surface area (Å²) in [6.45, 7) is 2.22. The molecule has 1 saturated heterocycles. The van der Waals surface area contributed by atoms with Gasteiger partial charge in [0.1, 0.15) is 11.2 Å². The van der Waals surface area contributed by atoms with Crippen LogP contribution in [0.3, 0.4) is 0 Å². The summed E-state index contributed by atoms with van der Waals surface area (Å²) in [6, 6.07) is 10.4. The lowest BCUT2D eigenvalue weighted by Gasteiger charge is -2.30. The fraction of sp³-hybridized carbons (Fsp3) is 0.353. The van der Waals surface area contributed by atoms with E-state index < -0.39 is 0 Å². The SMILES string of the molecule is CN1CCC(n2c(-c3ccccn3)nc3cccnc32)CC1. The summed E-state index contributed by atoms with van der Waals surface area (Å²) in [5.74, 6) is 0.934. The van der Waals surface area contributed by atoms with E-state index in [1.165, 1.54) is 0 Å². The van der Waals surface area contributed by atoms with Gasteiger partial charge in [-0.25, -0.2) is 9.97 Å². The molecule has 1 aliphatic rings. The quantitative estimate of drug-likeness (QED) is 0.729. The summed E-state index contributed by atoms with van der Waals surface area (Å²) in [5.41, 5.74) is 2.83. The molecule has 0 saturated carbocycles. The molecule has 5 heteroatoms. The number of fused-ring (bicyclic) bond motifs is 1. The third kappa shape index (κ3) is 2.27. The molecule has 0 radical (unpaired) electrons. The Morgan fingerprint density at radius 1 is 1.00 bits per heavy atom. The van der Waals surface area contributed by atoms with E-state index in [4.69, 9.17) is 4.98 Å². The molecule has 0 spiro atoms. The molecule has 112 valence electrons. The fourth-order valence-corrected chi connectivity index (χ4v) is 3.20. The smallest absolute Gasteiger partial charge is 0.161 e. The van der Waals surface area contributed by atoms with Gasteiger partial charge in [-0.15, -0.1) is 0 Å². The van der Waals surface area contributed by atoms with E-state index in [0.717, 1.165) is 48.6 Å². The van der Waals surface area contributed by atoms with Crippen molar-refractivity contribution in [2.45, 2.75) is 18.9 Å². The van der Waals surface area contributed by atoms with Gasteiger partial charge in [0.15, 0.2) is 11.5 Å². The number of piperidine rings is 1. The molecule has 0 amide bonds. The molecule has 3 aromatic heterocycles. The van der Waals surface area contributed by atoms with Crippen molar-refractivity contribution in [1.29, 1.82) is 0 Å².